The predicted molar refractivity (Wildman–Crippen MR) is 81.2 cm³/mol. The van der Waals surface area contributed by atoms with Crippen molar-refractivity contribution < 1.29 is 9.47 Å². The van der Waals surface area contributed by atoms with Crippen LogP contribution in [-0.4, -0.2) is 31.5 Å². The van der Waals surface area contributed by atoms with E-state index in [1.807, 2.05) is 0 Å². The smallest absolute Gasteiger partial charge is 0.0788 e. The molecule has 1 saturated carbocycles. The predicted octanol–water partition coefficient (Wildman–Crippen LogP) is 2.62. The van der Waals surface area contributed by atoms with Crippen LogP contribution in [0.25, 0.3) is 0 Å². The van der Waals surface area contributed by atoms with Crippen LogP contribution in [0.3, 0.4) is 0 Å². The molecule has 3 atom stereocenters. The summed E-state index contributed by atoms with van der Waals surface area (Å²) in [6, 6.07) is 0.196. The minimum Gasteiger partial charge on any atom is -0.379 e. The van der Waals surface area contributed by atoms with Gasteiger partial charge in [0, 0.05) is 13.7 Å². The third kappa shape index (κ3) is 3.35. The van der Waals surface area contributed by atoms with E-state index in [1.54, 1.807) is 7.11 Å². The number of methoxy groups -OCH3 is 1. The lowest BCUT2D eigenvalue weighted by molar-refractivity contribution is -0.115. The normalized spacial score (nSPS) is 29.6. The largest absolute Gasteiger partial charge is 0.379 e. The second-order valence-corrected chi connectivity index (χ2v) is 7.71. The van der Waals surface area contributed by atoms with E-state index in [0.717, 1.165) is 19.4 Å². The number of rotatable bonds is 4. The molecule has 1 aliphatic heterocycles. The lowest BCUT2D eigenvalue weighted by Crippen LogP contribution is -2.57. The zero-order valence-electron chi connectivity index (χ0n) is 13.6. The van der Waals surface area contributed by atoms with Crippen molar-refractivity contribution in [2.24, 2.45) is 17.2 Å². The summed E-state index contributed by atoms with van der Waals surface area (Å²) in [5.41, 5.74) is 3.26. The average Bonchev–Trinajstić information content (AvgIpc) is 2.82. The Kier molecular flexibility index (Phi) is 5.11. The molecule has 0 aromatic carbocycles. The van der Waals surface area contributed by atoms with Gasteiger partial charge in [0.2, 0.25) is 0 Å². The molecule has 0 aromatic rings. The topological polar surface area (TPSA) is 56.5 Å². The van der Waals surface area contributed by atoms with Crippen molar-refractivity contribution in [3.63, 3.8) is 0 Å². The van der Waals surface area contributed by atoms with Gasteiger partial charge in [0.05, 0.1) is 17.7 Å². The van der Waals surface area contributed by atoms with Crippen molar-refractivity contribution in [2.75, 3.05) is 13.7 Å². The summed E-state index contributed by atoms with van der Waals surface area (Å²) in [5.74, 6) is 6.43. The summed E-state index contributed by atoms with van der Waals surface area (Å²) in [4.78, 5) is 0. The Bertz CT molecular complexity index is 308. The van der Waals surface area contributed by atoms with Crippen molar-refractivity contribution in [3.8, 4) is 0 Å². The summed E-state index contributed by atoms with van der Waals surface area (Å²) in [7, 11) is 1.80. The standard InChI is InChI=1S/C16H32N2O2/c1-15(2,3)14(19-4)13(18-17)12-7-10-20-16(11-12)8-5-6-9-16/h12-14,18H,5-11,17H2,1-4H3. The second kappa shape index (κ2) is 6.30. The number of ether oxygens (including phenoxy) is 2. The fraction of sp³-hybridized carbons (Fsp3) is 1.00. The third-order valence-corrected chi connectivity index (χ3v) is 5.18. The maximum absolute atomic E-state index is 6.14. The van der Waals surface area contributed by atoms with Gasteiger partial charge in [-0.2, -0.15) is 0 Å². The molecule has 1 heterocycles. The average molecular weight is 284 g/mol. The van der Waals surface area contributed by atoms with Crippen molar-refractivity contribution in [3.05, 3.63) is 0 Å². The molecule has 1 saturated heterocycles. The number of hydrazine groups is 1. The molecule has 2 rings (SSSR count). The molecule has 20 heavy (non-hydrogen) atoms. The first-order chi connectivity index (χ1) is 9.42. The molecule has 4 nitrogen and oxygen atoms in total. The molecular weight excluding hydrogens is 252 g/mol. The molecule has 2 aliphatic rings. The van der Waals surface area contributed by atoms with Crippen molar-refractivity contribution in [2.45, 2.75) is 77.0 Å². The van der Waals surface area contributed by atoms with E-state index in [-0.39, 0.29) is 23.2 Å². The molecule has 1 spiro atoms. The van der Waals surface area contributed by atoms with Gasteiger partial charge in [-0.05, 0) is 37.0 Å². The van der Waals surface area contributed by atoms with Gasteiger partial charge in [-0.1, -0.05) is 33.6 Å². The van der Waals surface area contributed by atoms with Gasteiger partial charge in [0.1, 0.15) is 0 Å². The van der Waals surface area contributed by atoms with Gasteiger partial charge in [-0.15, -0.1) is 0 Å². The highest BCUT2D eigenvalue weighted by Crippen LogP contribution is 2.44. The summed E-state index contributed by atoms with van der Waals surface area (Å²) in [5, 5.41) is 0. The van der Waals surface area contributed by atoms with Crippen LogP contribution in [0.1, 0.15) is 59.3 Å². The van der Waals surface area contributed by atoms with E-state index < -0.39 is 0 Å². The minimum absolute atomic E-state index is 0.0763. The van der Waals surface area contributed by atoms with E-state index in [1.165, 1.54) is 25.7 Å². The summed E-state index contributed by atoms with van der Waals surface area (Å²) in [6.07, 6.45) is 7.36. The Labute approximate surface area is 123 Å². The van der Waals surface area contributed by atoms with Crippen molar-refractivity contribution in [1.82, 2.24) is 5.43 Å². The van der Waals surface area contributed by atoms with Crippen LogP contribution >= 0.6 is 0 Å². The Morgan fingerprint density at radius 3 is 2.45 bits per heavy atom. The Morgan fingerprint density at radius 2 is 1.95 bits per heavy atom. The molecule has 0 bridgehead atoms. The van der Waals surface area contributed by atoms with E-state index in [0.29, 0.717) is 5.92 Å². The molecule has 3 N–H and O–H groups in total. The maximum Gasteiger partial charge on any atom is 0.0788 e. The number of hydrogen-bond acceptors (Lipinski definition) is 4. The summed E-state index contributed by atoms with van der Waals surface area (Å²) >= 11 is 0. The van der Waals surface area contributed by atoms with Crippen LogP contribution < -0.4 is 11.3 Å². The van der Waals surface area contributed by atoms with Gasteiger partial charge < -0.3 is 9.47 Å². The highest BCUT2D eigenvalue weighted by atomic mass is 16.5. The lowest BCUT2D eigenvalue weighted by atomic mass is 9.74. The fourth-order valence-electron chi connectivity index (χ4n) is 4.25. The first kappa shape index (κ1) is 16.2. The molecule has 0 amide bonds. The number of nitrogens with one attached hydrogen (secondary N) is 1. The van der Waals surface area contributed by atoms with Crippen LogP contribution in [0.4, 0.5) is 0 Å². The molecule has 2 fully saturated rings. The Morgan fingerprint density at radius 1 is 1.30 bits per heavy atom. The van der Waals surface area contributed by atoms with Crippen LogP contribution in [0.15, 0.2) is 0 Å². The second-order valence-electron chi connectivity index (χ2n) is 7.71. The Balaban J connectivity index is 2.10. The third-order valence-electron chi connectivity index (χ3n) is 5.18. The van der Waals surface area contributed by atoms with Crippen LogP contribution in [0, 0.1) is 11.3 Å². The van der Waals surface area contributed by atoms with Crippen LogP contribution in [0.5, 0.6) is 0 Å². The molecule has 1 aliphatic carbocycles. The molecule has 118 valence electrons. The number of nitrogens with two attached hydrogens (primary N) is 1. The highest BCUT2D eigenvalue weighted by molar-refractivity contribution is 4.97. The molecule has 0 aromatic heterocycles. The first-order valence-electron chi connectivity index (χ1n) is 8.05. The Hall–Kier alpha value is -0.160. The van der Waals surface area contributed by atoms with E-state index >= 15 is 0 Å². The van der Waals surface area contributed by atoms with Gasteiger partial charge in [-0.3, -0.25) is 11.3 Å². The first-order valence-corrected chi connectivity index (χ1v) is 8.05. The SMILES string of the molecule is COC(C(NN)C1CCOC2(CCCC2)C1)C(C)(C)C. The summed E-state index contributed by atoms with van der Waals surface area (Å²) in [6.45, 7) is 7.52. The molecule has 3 unspecified atom stereocenters. The highest BCUT2D eigenvalue weighted by Gasteiger charge is 2.45. The maximum atomic E-state index is 6.14. The number of hydrogen-bond donors (Lipinski definition) is 2. The monoisotopic (exact) mass is 284 g/mol. The molecule has 4 heteroatoms. The van der Waals surface area contributed by atoms with Gasteiger partial charge in [-0.25, -0.2) is 0 Å². The lowest BCUT2D eigenvalue weighted by Gasteiger charge is -2.45. The van der Waals surface area contributed by atoms with E-state index in [2.05, 4.69) is 26.2 Å². The minimum atomic E-state index is 0.0763. The molecular formula is C16H32N2O2. The van der Waals surface area contributed by atoms with Crippen molar-refractivity contribution >= 4 is 0 Å². The van der Waals surface area contributed by atoms with Crippen LogP contribution in [-0.2, 0) is 9.47 Å². The zero-order chi connectivity index (χ0) is 14.8. The quantitative estimate of drug-likeness (QED) is 0.615. The fourth-order valence-corrected chi connectivity index (χ4v) is 4.25. The zero-order valence-corrected chi connectivity index (χ0v) is 13.6. The van der Waals surface area contributed by atoms with Crippen LogP contribution in [0.2, 0.25) is 0 Å². The van der Waals surface area contributed by atoms with E-state index in [9.17, 15) is 0 Å². The van der Waals surface area contributed by atoms with E-state index in [4.69, 9.17) is 15.3 Å². The summed E-state index contributed by atoms with van der Waals surface area (Å²) < 4.78 is 11.9. The van der Waals surface area contributed by atoms with Gasteiger partial charge >= 0.3 is 0 Å². The molecule has 0 radical (unpaired) electrons. The van der Waals surface area contributed by atoms with Gasteiger partial charge in [0.25, 0.3) is 0 Å². The van der Waals surface area contributed by atoms with Crippen molar-refractivity contribution in [1.29, 1.82) is 0 Å². The van der Waals surface area contributed by atoms with Gasteiger partial charge in [0.15, 0.2) is 0 Å².